The number of hydrogen-bond donors (Lipinski definition) is 0. The molecule has 0 unspecified atom stereocenters. The van der Waals surface area contributed by atoms with Crippen LogP contribution in [0.3, 0.4) is 0 Å². The molecule has 0 N–H and O–H groups in total. The Morgan fingerprint density at radius 1 is 1.00 bits per heavy atom. The van der Waals surface area contributed by atoms with E-state index in [0.717, 1.165) is 18.0 Å². The van der Waals surface area contributed by atoms with E-state index in [0.29, 0.717) is 6.54 Å². The Labute approximate surface area is 129 Å². The highest BCUT2D eigenvalue weighted by Gasteiger charge is 2.03. The third-order valence-corrected chi connectivity index (χ3v) is 2.59. The van der Waals surface area contributed by atoms with Crippen molar-refractivity contribution < 1.29 is 9.15 Å². The summed E-state index contributed by atoms with van der Waals surface area (Å²) < 4.78 is 4.07. The van der Waals surface area contributed by atoms with E-state index in [9.17, 15) is 0 Å². The van der Waals surface area contributed by atoms with Crippen LogP contribution in [0.1, 0.15) is 6.92 Å². The van der Waals surface area contributed by atoms with Crippen molar-refractivity contribution in [3.8, 4) is 0 Å². The van der Waals surface area contributed by atoms with Crippen LogP contribution in [-0.2, 0) is 0 Å². The van der Waals surface area contributed by atoms with Crippen molar-refractivity contribution in [1.29, 1.82) is 0 Å². The Hall–Kier alpha value is -2.17. The SMILES string of the molecule is C=CN(C)C=[N+](C)CC(=C)N=C(C)C[N+](C)=CN(C)C=C. The quantitative estimate of drug-likeness (QED) is 0.365. The van der Waals surface area contributed by atoms with Gasteiger partial charge in [0.15, 0.2) is 0 Å². The Morgan fingerprint density at radius 3 is 1.86 bits per heavy atom. The first kappa shape index (κ1) is 18.8. The second-order valence-corrected chi connectivity index (χ2v) is 5.17. The molecule has 5 heteroatoms. The number of hydrogen-bond acceptors (Lipinski definition) is 1. The van der Waals surface area contributed by atoms with Crippen molar-refractivity contribution in [2.24, 2.45) is 4.99 Å². The van der Waals surface area contributed by atoms with Crippen LogP contribution in [0.15, 0.2) is 42.8 Å². The number of nitrogens with zero attached hydrogens (tertiary/aromatic N) is 5. The van der Waals surface area contributed by atoms with Gasteiger partial charge in [0.05, 0.1) is 52.0 Å². The Kier molecular flexibility index (Phi) is 8.69. The molecule has 0 aliphatic rings. The van der Waals surface area contributed by atoms with Gasteiger partial charge in [0.1, 0.15) is 13.1 Å². The first-order chi connectivity index (χ1) is 9.78. The summed E-state index contributed by atoms with van der Waals surface area (Å²) in [7, 11) is 7.85. The van der Waals surface area contributed by atoms with Crippen molar-refractivity contribution in [3.05, 3.63) is 37.8 Å². The fourth-order valence-corrected chi connectivity index (χ4v) is 1.79. The van der Waals surface area contributed by atoms with Gasteiger partial charge in [0, 0.05) is 0 Å². The van der Waals surface area contributed by atoms with Gasteiger partial charge in [-0.1, -0.05) is 19.7 Å². The average molecular weight is 291 g/mol. The molecule has 0 aliphatic heterocycles. The third-order valence-electron chi connectivity index (χ3n) is 2.59. The molecule has 0 amide bonds. The van der Waals surface area contributed by atoms with E-state index in [1.165, 1.54) is 0 Å². The molecule has 0 spiro atoms. The van der Waals surface area contributed by atoms with E-state index < -0.39 is 0 Å². The lowest BCUT2D eigenvalue weighted by atomic mass is 10.4. The van der Waals surface area contributed by atoms with E-state index in [4.69, 9.17) is 0 Å². The molecule has 5 nitrogen and oxygen atoms in total. The largest absolute Gasteiger partial charge is 0.265 e. The Balaban J connectivity index is 4.60. The third kappa shape index (κ3) is 9.38. The molecule has 0 aliphatic carbocycles. The molecular formula is C16H29N5+2. The monoisotopic (exact) mass is 291 g/mol. The van der Waals surface area contributed by atoms with Crippen LogP contribution in [0.25, 0.3) is 0 Å². The smallest absolute Gasteiger partial charge is 0.238 e. The van der Waals surface area contributed by atoms with Crippen molar-refractivity contribution in [2.75, 3.05) is 41.3 Å². The highest BCUT2D eigenvalue weighted by atomic mass is 15.2. The summed E-state index contributed by atoms with van der Waals surface area (Å²) in [6.45, 7) is 14.8. The van der Waals surface area contributed by atoms with E-state index in [2.05, 4.69) is 29.3 Å². The lowest BCUT2D eigenvalue weighted by Gasteiger charge is -2.06. The van der Waals surface area contributed by atoms with Crippen molar-refractivity contribution >= 4 is 18.4 Å². The molecule has 116 valence electrons. The molecule has 0 aromatic rings. The number of rotatable bonds is 9. The lowest BCUT2D eigenvalue weighted by Crippen LogP contribution is -2.23. The van der Waals surface area contributed by atoms with Gasteiger partial charge in [-0.25, -0.2) is 9.80 Å². The maximum atomic E-state index is 4.53. The fraction of sp³-hybridized carbons (Fsp3) is 0.438. The molecule has 0 fully saturated rings. The highest BCUT2D eigenvalue weighted by Crippen LogP contribution is 1.95. The van der Waals surface area contributed by atoms with Crippen LogP contribution < -0.4 is 0 Å². The zero-order chi connectivity index (χ0) is 16.4. The molecule has 0 rings (SSSR count). The lowest BCUT2D eigenvalue weighted by molar-refractivity contribution is -0.488. The summed E-state index contributed by atoms with van der Waals surface area (Å²) in [4.78, 5) is 8.32. The maximum absolute atomic E-state index is 4.53. The minimum atomic E-state index is 0.676. The van der Waals surface area contributed by atoms with Gasteiger partial charge in [-0.2, -0.15) is 0 Å². The summed E-state index contributed by atoms with van der Waals surface area (Å²) in [6, 6.07) is 0. The Bertz CT molecular complexity index is 471. The molecule has 0 bridgehead atoms. The normalized spacial score (nSPS) is 12.9. The summed E-state index contributed by atoms with van der Waals surface area (Å²) in [5.41, 5.74) is 1.84. The fourth-order valence-electron chi connectivity index (χ4n) is 1.79. The first-order valence-electron chi connectivity index (χ1n) is 6.79. The average Bonchev–Trinajstić information content (AvgIpc) is 2.37. The predicted octanol–water partition coefficient (Wildman–Crippen LogP) is 1.45. The highest BCUT2D eigenvalue weighted by molar-refractivity contribution is 5.84. The van der Waals surface area contributed by atoms with Crippen molar-refractivity contribution in [3.63, 3.8) is 0 Å². The molecule has 0 aromatic carbocycles. The minimum absolute atomic E-state index is 0.676. The van der Waals surface area contributed by atoms with Crippen LogP contribution in [-0.4, -0.2) is 78.6 Å². The van der Waals surface area contributed by atoms with Crippen molar-refractivity contribution in [1.82, 2.24) is 9.80 Å². The summed E-state index contributed by atoms with van der Waals surface area (Å²) in [6.07, 6.45) is 7.41. The van der Waals surface area contributed by atoms with E-state index in [-0.39, 0.29) is 0 Å². The van der Waals surface area contributed by atoms with Crippen molar-refractivity contribution in [2.45, 2.75) is 6.92 Å². The topological polar surface area (TPSA) is 24.9 Å². The van der Waals surface area contributed by atoms with E-state index in [1.807, 2.05) is 62.2 Å². The number of likely N-dealkylation sites (N-methyl/N-ethyl adjacent to an activating group) is 1. The second kappa shape index (κ2) is 9.69. The minimum Gasteiger partial charge on any atom is -0.265 e. The van der Waals surface area contributed by atoms with Crippen LogP contribution >= 0.6 is 0 Å². The summed E-state index contributed by atoms with van der Waals surface area (Å²) in [5.74, 6) is 0. The maximum Gasteiger partial charge on any atom is 0.238 e. The molecule has 0 atom stereocenters. The van der Waals surface area contributed by atoms with E-state index >= 15 is 0 Å². The molecule has 0 heterocycles. The molecule has 0 radical (unpaired) electrons. The van der Waals surface area contributed by atoms with E-state index in [1.54, 1.807) is 12.4 Å². The van der Waals surface area contributed by atoms with Crippen LogP contribution in [0.2, 0.25) is 0 Å². The molecule has 0 saturated carbocycles. The number of aliphatic imine (C=N–C) groups is 1. The van der Waals surface area contributed by atoms with Gasteiger partial charge in [0.2, 0.25) is 12.7 Å². The van der Waals surface area contributed by atoms with Crippen LogP contribution in [0, 0.1) is 0 Å². The first-order valence-corrected chi connectivity index (χ1v) is 6.79. The van der Waals surface area contributed by atoms with Crippen LogP contribution in [0.4, 0.5) is 0 Å². The standard InChI is InChI=1S/C16H29N5/c1-9-18(5)13-20(7)11-15(3)17-16(4)12-21(8)14-19(6)10-2/h9-10,13-14H,1-3,11-12H2,4-8H3/q+2. The predicted molar refractivity (Wildman–Crippen MR) is 92.4 cm³/mol. The van der Waals surface area contributed by atoms with Gasteiger partial charge >= 0.3 is 0 Å². The molecule has 0 aromatic heterocycles. The van der Waals surface area contributed by atoms with Gasteiger partial charge in [-0.15, -0.1) is 0 Å². The summed E-state index contributed by atoms with van der Waals surface area (Å²) >= 11 is 0. The van der Waals surface area contributed by atoms with Gasteiger partial charge in [0.25, 0.3) is 0 Å². The second-order valence-electron chi connectivity index (χ2n) is 5.17. The molecule has 0 saturated heterocycles. The summed E-state index contributed by atoms with van der Waals surface area (Å²) in [5, 5.41) is 0. The van der Waals surface area contributed by atoms with Gasteiger partial charge in [-0.05, 0) is 6.92 Å². The van der Waals surface area contributed by atoms with Crippen LogP contribution in [0.5, 0.6) is 0 Å². The zero-order valence-electron chi connectivity index (χ0n) is 14.1. The Morgan fingerprint density at radius 2 is 1.43 bits per heavy atom. The van der Waals surface area contributed by atoms with Gasteiger partial charge < -0.3 is 0 Å². The zero-order valence-corrected chi connectivity index (χ0v) is 14.1. The molecule has 21 heavy (non-hydrogen) atoms. The van der Waals surface area contributed by atoms with Gasteiger partial charge in [-0.3, -0.25) is 14.1 Å². The molecular weight excluding hydrogens is 262 g/mol.